The largest absolute Gasteiger partial charge is 0.480 e. The van der Waals surface area contributed by atoms with Crippen molar-refractivity contribution >= 4 is 29.3 Å². The number of rotatable bonds is 3. The van der Waals surface area contributed by atoms with E-state index in [0.29, 0.717) is 11.3 Å². The van der Waals surface area contributed by atoms with Gasteiger partial charge in [0.05, 0.1) is 10.6 Å². The zero-order chi connectivity index (χ0) is 13.7. The van der Waals surface area contributed by atoms with Crippen LogP contribution >= 0.6 is 11.6 Å². The van der Waals surface area contributed by atoms with Crippen molar-refractivity contribution in [3.05, 3.63) is 28.8 Å². The summed E-state index contributed by atoms with van der Waals surface area (Å²) in [6.07, 6.45) is 0. The molecule has 6 nitrogen and oxygen atoms in total. The Morgan fingerprint density at radius 3 is 2.67 bits per heavy atom. The Bertz CT molecular complexity index is 525. The number of urea groups is 1. The number of carboxylic acids is 1. The Kier molecular flexibility index (Phi) is 4.52. The van der Waals surface area contributed by atoms with Crippen LogP contribution in [0.3, 0.4) is 0 Å². The maximum absolute atomic E-state index is 11.4. The molecule has 3 N–H and O–H groups in total. The number of carbonyl (C=O) groups is 2. The van der Waals surface area contributed by atoms with Crippen LogP contribution in [0.4, 0.5) is 10.5 Å². The van der Waals surface area contributed by atoms with E-state index >= 15 is 0 Å². The van der Waals surface area contributed by atoms with Crippen LogP contribution < -0.4 is 10.6 Å². The average Bonchev–Trinajstić information content (AvgIpc) is 2.28. The molecular weight excluding hydrogens is 258 g/mol. The van der Waals surface area contributed by atoms with Gasteiger partial charge in [-0.1, -0.05) is 11.6 Å². The third-order valence-corrected chi connectivity index (χ3v) is 2.38. The highest BCUT2D eigenvalue weighted by atomic mass is 35.5. The van der Waals surface area contributed by atoms with Crippen LogP contribution in [0.25, 0.3) is 0 Å². The normalized spacial score (nSPS) is 11.2. The monoisotopic (exact) mass is 267 g/mol. The Labute approximate surface area is 108 Å². The first-order chi connectivity index (χ1) is 8.43. The zero-order valence-electron chi connectivity index (χ0n) is 9.40. The van der Waals surface area contributed by atoms with Crippen molar-refractivity contribution in [3.8, 4) is 6.07 Å². The first-order valence-electron chi connectivity index (χ1n) is 4.94. The van der Waals surface area contributed by atoms with Crippen LogP contribution in [0.15, 0.2) is 18.2 Å². The third kappa shape index (κ3) is 3.64. The van der Waals surface area contributed by atoms with Crippen LogP contribution in [-0.4, -0.2) is 23.1 Å². The van der Waals surface area contributed by atoms with Crippen molar-refractivity contribution in [2.45, 2.75) is 13.0 Å². The Balaban J connectivity index is 2.69. The second kappa shape index (κ2) is 5.89. The van der Waals surface area contributed by atoms with Crippen molar-refractivity contribution in [2.24, 2.45) is 0 Å². The van der Waals surface area contributed by atoms with Crippen LogP contribution in [0.2, 0.25) is 5.02 Å². The lowest BCUT2D eigenvalue weighted by atomic mass is 10.2. The number of nitrogens with one attached hydrogen (secondary N) is 2. The molecular formula is C11H10ClN3O3. The summed E-state index contributed by atoms with van der Waals surface area (Å²) in [5, 5.41) is 22.1. The fourth-order valence-corrected chi connectivity index (χ4v) is 1.33. The topological polar surface area (TPSA) is 102 Å². The maximum Gasteiger partial charge on any atom is 0.325 e. The van der Waals surface area contributed by atoms with Crippen molar-refractivity contribution in [3.63, 3.8) is 0 Å². The summed E-state index contributed by atoms with van der Waals surface area (Å²) in [6.45, 7) is 1.34. The summed E-state index contributed by atoms with van der Waals surface area (Å²) in [7, 11) is 0. The summed E-state index contributed by atoms with van der Waals surface area (Å²) < 4.78 is 0. The predicted molar refractivity (Wildman–Crippen MR) is 65.4 cm³/mol. The van der Waals surface area contributed by atoms with Gasteiger partial charge < -0.3 is 15.7 Å². The summed E-state index contributed by atoms with van der Waals surface area (Å²) >= 11 is 5.78. The van der Waals surface area contributed by atoms with Crippen LogP contribution in [0, 0.1) is 11.3 Å². The van der Waals surface area contributed by atoms with Gasteiger partial charge in [0.2, 0.25) is 0 Å². The molecule has 94 valence electrons. The molecule has 0 fully saturated rings. The molecule has 18 heavy (non-hydrogen) atoms. The van der Waals surface area contributed by atoms with Gasteiger partial charge in [0.15, 0.2) is 0 Å². The zero-order valence-corrected chi connectivity index (χ0v) is 10.2. The average molecular weight is 268 g/mol. The maximum atomic E-state index is 11.4. The number of hydrogen-bond acceptors (Lipinski definition) is 3. The summed E-state index contributed by atoms with van der Waals surface area (Å²) in [4.78, 5) is 21.9. The van der Waals surface area contributed by atoms with Gasteiger partial charge in [0.1, 0.15) is 12.1 Å². The molecule has 1 atom stereocenters. The number of nitrogens with zero attached hydrogens (tertiary/aromatic N) is 1. The van der Waals surface area contributed by atoms with Crippen molar-refractivity contribution in [1.82, 2.24) is 5.32 Å². The van der Waals surface area contributed by atoms with Gasteiger partial charge in [-0.05, 0) is 25.1 Å². The van der Waals surface area contributed by atoms with Gasteiger partial charge in [-0.3, -0.25) is 4.79 Å². The summed E-state index contributed by atoms with van der Waals surface area (Å²) in [5.74, 6) is -1.14. The number of anilines is 1. The smallest absolute Gasteiger partial charge is 0.325 e. The van der Waals surface area contributed by atoms with E-state index in [1.165, 1.54) is 25.1 Å². The Morgan fingerprint density at radius 2 is 2.17 bits per heavy atom. The van der Waals surface area contributed by atoms with Crippen LogP contribution in [0.1, 0.15) is 12.5 Å². The Morgan fingerprint density at radius 1 is 1.50 bits per heavy atom. The second-order valence-electron chi connectivity index (χ2n) is 3.46. The summed E-state index contributed by atoms with van der Waals surface area (Å²) in [5.41, 5.74) is 0.663. The van der Waals surface area contributed by atoms with Gasteiger partial charge in [0.25, 0.3) is 0 Å². The molecule has 0 saturated heterocycles. The van der Waals surface area contributed by atoms with Gasteiger partial charge in [0, 0.05) is 5.69 Å². The number of benzene rings is 1. The molecule has 0 unspecified atom stereocenters. The number of halogens is 1. The molecule has 0 bridgehead atoms. The lowest BCUT2D eigenvalue weighted by molar-refractivity contribution is -0.138. The number of nitriles is 1. The number of amides is 2. The minimum absolute atomic E-state index is 0.210. The van der Waals surface area contributed by atoms with Gasteiger partial charge in [-0.25, -0.2) is 4.79 Å². The number of hydrogen-bond donors (Lipinski definition) is 3. The van der Waals surface area contributed by atoms with Crippen molar-refractivity contribution in [2.75, 3.05) is 5.32 Å². The Hall–Kier alpha value is -2.26. The minimum Gasteiger partial charge on any atom is -0.480 e. The van der Waals surface area contributed by atoms with E-state index in [-0.39, 0.29) is 5.02 Å². The molecule has 0 aliphatic carbocycles. The highest BCUT2D eigenvalue weighted by Gasteiger charge is 2.13. The van der Waals surface area contributed by atoms with E-state index in [1.54, 1.807) is 0 Å². The highest BCUT2D eigenvalue weighted by molar-refractivity contribution is 6.32. The quantitative estimate of drug-likeness (QED) is 0.777. The lowest BCUT2D eigenvalue weighted by Gasteiger charge is -2.11. The third-order valence-electron chi connectivity index (χ3n) is 2.07. The molecule has 2 amide bonds. The van der Waals surface area contributed by atoms with Gasteiger partial charge in [-0.2, -0.15) is 5.26 Å². The number of carboxylic acid groups (broad SMARTS) is 1. The molecule has 0 aliphatic heterocycles. The molecule has 7 heteroatoms. The van der Waals surface area contributed by atoms with Gasteiger partial charge in [-0.15, -0.1) is 0 Å². The van der Waals surface area contributed by atoms with Crippen LogP contribution in [-0.2, 0) is 4.79 Å². The van der Waals surface area contributed by atoms with E-state index in [9.17, 15) is 9.59 Å². The molecule has 0 saturated carbocycles. The lowest BCUT2D eigenvalue weighted by Crippen LogP contribution is -2.40. The fourth-order valence-electron chi connectivity index (χ4n) is 1.11. The van der Waals surface area contributed by atoms with E-state index in [0.717, 1.165) is 0 Å². The molecule has 0 heterocycles. The highest BCUT2D eigenvalue weighted by Crippen LogP contribution is 2.19. The van der Waals surface area contributed by atoms with E-state index in [2.05, 4.69) is 10.6 Å². The summed E-state index contributed by atoms with van der Waals surface area (Å²) in [6, 6.07) is 4.58. The van der Waals surface area contributed by atoms with E-state index in [4.69, 9.17) is 22.0 Å². The fraction of sp³-hybridized carbons (Fsp3) is 0.182. The molecule has 0 aromatic heterocycles. The molecule has 1 rings (SSSR count). The molecule has 0 aliphatic rings. The molecule has 1 aromatic carbocycles. The number of aliphatic carboxylic acids is 1. The molecule has 0 radical (unpaired) electrons. The predicted octanol–water partition coefficient (Wildman–Crippen LogP) is 1.81. The van der Waals surface area contributed by atoms with E-state index in [1.807, 2.05) is 6.07 Å². The molecule has 1 aromatic rings. The van der Waals surface area contributed by atoms with Gasteiger partial charge >= 0.3 is 12.0 Å². The van der Waals surface area contributed by atoms with E-state index < -0.39 is 18.0 Å². The second-order valence-corrected chi connectivity index (χ2v) is 3.87. The van der Waals surface area contributed by atoms with Crippen LogP contribution in [0.5, 0.6) is 0 Å². The first kappa shape index (κ1) is 13.8. The van der Waals surface area contributed by atoms with Crippen molar-refractivity contribution in [1.29, 1.82) is 5.26 Å². The first-order valence-corrected chi connectivity index (χ1v) is 5.32. The SMILES string of the molecule is C[C@@H](NC(=O)Nc1ccc(C#N)c(Cl)c1)C(=O)O. The van der Waals surface area contributed by atoms with Crippen molar-refractivity contribution < 1.29 is 14.7 Å². The molecule has 0 spiro atoms. The minimum atomic E-state index is -1.14. The number of carbonyl (C=O) groups excluding carboxylic acids is 1. The standard InChI is InChI=1S/C11H10ClN3O3/c1-6(10(16)17)14-11(18)15-8-3-2-7(5-13)9(12)4-8/h2-4,6H,1H3,(H,16,17)(H2,14,15,18)/t6-/m1/s1.